The molecule has 1 aliphatic rings. The predicted molar refractivity (Wildman–Crippen MR) is 65.3 cm³/mol. The molecule has 0 saturated heterocycles. The fourth-order valence-corrected chi connectivity index (χ4v) is 2.43. The van der Waals surface area contributed by atoms with Crippen molar-refractivity contribution in [3.8, 4) is 5.75 Å². The number of nitrogens with one attached hydrogen (secondary N) is 1. The van der Waals surface area contributed by atoms with Gasteiger partial charge in [-0.2, -0.15) is 0 Å². The number of para-hydroxylation sites is 1. The fraction of sp³-hybridized carbons (Fsp3) is 0.286. The van der Waals surface area contributed by atoms with Crippen molar-refractivity contribution >= 4 is 0 Å². The van der Waals surface area contributed by atoms with Crippen LogP contribution in [0.15, 0.2) is 41.0 Å². The number of rotatable bonds is 2. The van der Waals surface area contributed by atoms with Gasteiger partial charge in [0.25, 0.3) is 0 Å². The van der Waals surface area contributed by atoms with Gasteiger partial charge in [-0.3, -0.25) is 0 Å². The molecule has 0 spiro atoms. The second-order valence-corrected chi connectivity index (χ2v) is 4.18. The van der Waals surface area contributed by atoms with Gasteiger partial charge in [0.1, 0.15) is 11.5 Å². The van der Waals surface area contributed by atoms with E-state index >= 15 is 0 Å². The summed E-state index contributed by atoms with van der Waals surface area (Å²) in [5.74, 6) is 2.00. The van der Waals surface area contributed by atoms with Gasteiger partial charge in [0, 0.05) is 24.1 Å². The molecule has 17 heavy (non-hydrogen) atoms. The number of methoxy groups -OCH3 is 1. The SMILES string of the molecule is COc1ccccc1C1NCCc2occc21. The van der Waals surface area contributed by atoms with Crippen LogP contribution in [0.3, 0.4) is 0 Å². The summed E-state index contributed by atoms with van der Waals surface area (Å²) in [6.07, 6.45) is 2.72. The first-order valence-electron chi connectivity index (χ1n) is 5.82. The highest BCUT2D eigenvalue weighted by Gasteiger charge is 2.25. The quantitative estimate of drug-likeness (QED) is 0.859. The van der Waals surface area contributed by atoms with Crippen molar-refractivity contribution in [2.75, 3.05) is 13.7 Å². The van der Waals surface area contributed by atoms with Gasteiger partial charge in [-0.15, -0.1) is 0 Å². The molecule has 3 nitrogen and oxygen atoms in total. The van der Waals surface area contributed by atoms with E-state index < -0.39 is 0 Å². The van der Waals surface area contributed by atoms with Gasteiger partial charge in [0.05, 0.1) is 19.4 Å². The van der Waals surface area contributed by atoms with Crippen molar-refractivity contribution in [3.63, 3.8) is 0 Å². The highest BCUT2D eigenvalue weighted by atomic mass is 16.5. The first-order chi connectivity index (χ1) is 8.40. The Labute approximate surface area is 100 Å². The minimum atomic E-state index is 0.175. The number of hydrogen-bond donors (Lipinski definition) is 1. The van der Waals surface area contributed by atoms with Crippen molar-refractivity contribution in [1.29, 1.82) is 0 Å². The first kappa shape index (κ1) is 10.4. The van der Waals surface area contributed by atoms with Crippen LogP contribution in [-0.4, -0.2) is 13.7 Å². The number of fused-ring (bicyclic) bond motifs is 1. The maximum absolute atomic E-state index is 5.50. The van der Waals surface area contributed by atoms with Crippen LogP contribution in [0.5, 0.6) is 5.75 Å². The van der Waals surface area contributed by atoms with Gasteiger partial charge in [-0.1, -0.05) is 18.2 Å². The summed E-state index contributed by atoms with van der Waals surface area (Å²) in [7, 11) is 1.71. The van der Waals surface area contributed by atoms with Crippen LogP contribution >= 0.6 is 0 Å². The number of furan rings is 1. The van der Waals surface area contributed by atoms with Gasteiger partial charge >= 0.3 is 0 Å². The molecule has 0 aliphatic carbocycles. The minimum Gasteiger partial charge on any atom is -0.496 e. The van der Waals surface area contributed by atoms with E-state index in [2.05, 4.69) is 11.4 Å². The second kappa shape index (κ2) is 4.26. The molecule has 2 aromatic rings. The standard InChI is InChI=1S/C14H15NO2/c1-16-12-5-3-2-4-10(12)14-11-7-9-17-13(11)6-8-15-14/h2-5,7,9,14-15H,6,8H2,1H3. The summed E-state index contributed by atoms with van der Waals surface area (Å²) in [6.45, 7) is 0.934. The van der Waals surface area contributed by atoms with E-state index in [1.807, 2.05) is 24.3 Å². The number of ether oxygens (including phenoxy) is 1. The zero-order valence-electron chi connectivity index (χ0n) is 9.77. The monoisotopic (exact) mass is 229 g/mol. The predicted octanol–water partition coefficient (Wildman–Crippen LogP) is 2.52. The summed E-state index contributed by atoms with van der Waals surface area (Å²) in [6, 6.07) is 10.3. The summed E-state index contributed by atoms with van der Waals surface area (Å²) >= 11 is 0. The van der Waals surface area contributed by atoms with Gasteiger partial charge in [0.15, 0.2) is 0 Å². The average Bonchev–Trinajstić information content (AvgIpc) is 2.86. The van der Waals surface area contributed by atoms with Crippen molar-refractivity contribution in [3.05, 3.63) is 53.5 Å². The molecule has 0 bridgehead atoms. The normalized spacial score (nSPS) is 18.8. The molecule has 88 valence electrons. The molecule has 0 fully saturated rings. The average molecular weight is 229 g/mol. The van der Waals surface area contributed by atoms with E-state index in [9.17, 15) is 0 Å². The highest BCUT2D eigenvalue weighted by molar-refractivity contribution is 5.43. The maximum atomic E-state index is 5.50. The molecule has 3 heteroatoms. The number of benzene rings is 1. The molecule has 1 atom stereocenters. The summed E-state index contributed by atoms with van der Waals surface area (Å²) in [5, 5.41) is 3.51. The largest absolute Gasteiger partial charge is 0.496 e. The summed E-state index contributed by atoms with van der Waals surface area (Å²) in [5.41, 5.74) is 2.39. The van der Waals surface area contributed by atoms with Crippen LogP contribution in [0.2, 0.25) is 0 Å². The Bertz CT molecular complexity index is 518. The third-order valence-corrected chi connectivity index (χ3v) is 3.24. The van der Waals surface area contributed by atoms with Crippen LogP contribution in [0.1, 0.15) is 22.9 Å². The molecule has 0 saturated carbocycles. The topological polar surface area (TPSA) is 34.4 Å². The first-order valence-corrected chi connectivity index (χ1v) is 5.82. The Kier molecular flexibility index (Phi) is 2.61. The van der Waals surface area contributed by atoms with Gasteiger partial charge in [0.2, 0.25) is 0 Å². The van der Waals surface area contributed by atoms with E-state index in [0.717, 1.165) is 30.0 Å². The van der Waals surface area contributed by atoms with Gasteiger partial charge in [-0.05, 0) is 12.1 Å². The molecule has 0 amide bonds. The molecule has 1 N–H and O–H groups in total. The molecule has 2 heterocycles. The van der Waals surface area contributed by atoms with E-state index in [-0.39, 0.29) is 6.04 Å². The summed E-state index contributed by atoms with van der Waals surface area (Å²) in [4.78, 5) is 0. The molecule has 3 rings (SSSR count). The minimum absolute atomic E-state index is 0.175. The Morgan fingerprint density at radius 1 is 1.24 bits per heavy atom. The Morgan fingerprint density at radius 2 is 2.12 bits per heavy atom. The lowest BCUT2D eigenvalue weighted by Gasteiger charge is -2.25. The molecule has 1 unspecified atom stereocenters. The molecule has 1 aliphatic heterocycles. The Balaban J connectivity index is 2.06. The van der Waals surface area contributed by atoms with E-state index in [1.165, 1.54) is 5.56 Å². The van der Waals surface area contributed by atoms with Crippen LogP contribution in [0.25, 0.3) is 0 Å². The fourth-order valence-electron chi connectivity index (χ4n) is 2.43. The van der Waals surface area contributed by atoms with Gasteiger partial charge < -0.3 is 14.5 Å². The van der Waals surface area contributed by atoms with Crippen molar-refractivity contribution in [2.45, 2.75) is 12.5 Å². The lowest BCUT2D eigenvalue weighted by Crippen LogP contribution is -2.29. The molecule has 1 aromatic carbocycles. The summed E-state index contributed by atoms with van der Waals surface area (Å²) < 4.78 is 10.9. The van der Waals surface area contributed by atoms with Crippen LogP contribution in [0.4, 0.5) is 0 Å². The zero-order valence-corrected chi connectivity index (χ0v) is 9.77. The van der Waals surface area contributed by atoms with E-state index in [0.29, 0.717) is 0 Å². The molecule has 0 radical (unpaired) electrons. The van der Waals surface area contributed by atoms with Crippen LogP contribution < -0.4 is 10.1 Å². The van der Waals surface area contributed by atoms with Crippen molar-refractivity contribution in [1.82, 2.24) is 5.32 Å². The third kappa shape index (κ3) is 1.72. The highest BCUT2D eigenvalue weighted by Crippen LogP contribution is 2.34. The lowest BCUT2D eigenvalue weighted by molar-refractivity contribution is 0.398. The van der Waals surface area contributed by atoms with Gasteiger partial charge in [-0.25, -0.2) is 0 Å². The molecular weight excluding hydrogens is 214 g/mol. The smallest absolute Gasteiger partial charge is 0.123 e. The van der Waals surface area contributed by atoms with Crippen molar-refractivity contribution < 1.29 is 9.15 Å². The molecular formula is C14H15NO2. The van der Waals surface area contributed by atoms with E-state index in [1.54, 1.807) is 13.4 Å². The van der Waals surface area contributed by atoms with Crippen LogP contribution in [-0.2, 0) is 6.42 Å². The van der Waals surface area contributed by atoms with Crippen LogP contribution in [0, 0.1) is 0 Å². The Hall–Kier alpha value is -1.74. The zero-order chi connectivity index (χ0) is 11.7. The van der Waals surface area contributed by atoms with E-state index in [4.69, 9.17) is 9.15 Å². The maximum Gasteiger partial charge on any atom is 0.123 e. The third-order valence-electron chi connectivity index (χ3n) is 3.24. The number of hydrogen-bond acceptors (Lipinski definition) is 3. The van der Waals surface area contributed by atoms with Crippen molar-refractivity contribution in [2.24, 2.45) is 0 Å². The second-order valence-electron chi connectivity index (χ2n) is 4.18. The molecule has 1 aromatic heterocycles. The Morgan fingerprint density at radius 3 is 3.00 bits per heavy atom. The lowest BCUT2D eigenvalue weighted by atomic mass is 9.94.